The highest BCUT2D eigenvalue weighted by atomic mass is 32.2. The summed E-state index contributed by atoms with van der Waals surface area (Å²) in [7, 11) is 0. The Morgan fingerprint density at radius 2 is 2.50 bits per heavy atom. The van der Waals surface area contributed by atoms with Crippen molar-refractivity contribution in [1.29, 1.82) is 0 Å². The summed E-state index contributed by atoms with van der Waals surface area (Å²) in [5.74, 6) is 6.94. The van der Waals surface area contributed by atoms with Gasteiger partial charge >= 0.3 is 0 Å². The van der Waals surface area contributed by atoms with Gasteiger partial charge in [-0.2, -0.15) is 11.8 Å². The molecular weight excluding hydrogens is 212 g/mol. The molecule has 0 bridgehead atoms. The van der Waals surface area contributed by atoms with Gasteiger partial charge in [-0.25, -0.2) is 0 Å². The lowest BCUT2D eigenvalue weighted by Gasteiger charge is -2.22. The highest BCUT2D eigenvalue weighted by Crippen LogP contribution is 2.37. The Hall–Kier alpha value is -0.0300. The normalized spacial score (nSPS) is 24.0. The monoisotopic (exact) mass is 228 g/mol. The molecule has 0 aromatic carbocycles. The van der Waals surface area contributed by atoms with Gasteiger partial charge in [0.15, 0.2) is 0 Å². The van der Waals surface area contributed by atoms with Crippen molar-refractivity contribution in [2.45, 2.75) is 31.1 Å². The average Bonchev–Trinajstić information content (AvgIpc) is 2.80. The van der Waals surface area contributed by atoms with E-state index >= 15 is 0 Å². The van der Waals surface area contributed by atoms with Crippen molar-refractivity contribution in [2.24, 2.45) is 5.84 Å². The van der Waals surface area contributed by atoms with Crippen LogP contribution in [-0.2, 0) is 0 Å². The Balaban J connectivity index is 2.16. The second kappa shape index (κ2) is 4.66. The Morgan fingerprint density at radius 1 is 1.64 bits per heavy atom. The van der Waals surface area contributed by atoms with Crippen LogP contribution in [0.25, 0.3) is 0 Å². The van der Waals surface area contributed by atoms with Gasteiger partial charge in [-0.15, -0.1) is 11.3 Å². The van der Waals surface area contributed by atoms with Crippen LogP contribution in [0.15, 0.2) is 11.4 Å². The summed E-state index contributed by atoms with van der Waals surface area (Å²) in [6.07, 6.45) is 2.62. The van der Waals surface area contributed by atoms with E-state index < -0.39 is 0 Å². The third-order valence-electron chi connectivity index (χ3n) is 2.75. The van der Waals surface area contributed by atoms with Crippen LogP contribution >= 0.6 is 23.1 Å². The van der Waals surface area contributed by atoms with Crippen molar-refractivity contribution in [3.8, 4) is 0 Å². The highest BCUT2D eigenvalue weighted by Gasteiger charge is 2.27. The van der Waals surface area contributed by atoms with E-state index in [2.05, 4.69) is 23.8 Å². The van der Waals surface area contributed by atoms with E-state index in [1.165, 1.54) is 29.0 Å². The van der Waals surface area contributed by atoms with Gasteiger partial charge in [-0.1, -0.05) is 0 Å². The lowest BCUT2D eigenvalue weighted by Crippen LogP contribution is -2.34. The molecule has 0 amide bonds. The molecule has 4 heteroatoms. The number of aryl methyl sites for hydroxylation is 1. The molecule has 78 valence electrons. The molecule has 2 unspecified atom stereocenters. The summed E-state index contributed by atoms with van der Waals surface area (Å²) >= 11 is 3.85. The van der Waals surface area contributed by atoms with Crippen LogP contribution in [0.4, 0.5) is 0 Å². The fourth-order valence-electron chi connectivity index (χ4n) is 1.98. The minimum atomic E-state index is 0.341. The van der Waals surface area contributed by atoms with Gasteiger partial charge < -0.3 is 0 Å². The molecule has 1 aliphatic heterocycles. The summed E-state index contributed by atoms with van der Waals surface area (Å²) in [4.78, 5) is 1.39. The Labute approximate surface area is 93.2 Å². The third kappa shape index (κ3) is 1.98. The molecule has 1 saturated heterocycles. The maximum Gasteiger partial charge on any atom is 0.0589 e. The molecule has 0 spiro atoms. The van der Waals surface area contributed by atoms with E-state index in [0.29, 0.717) is 11.3 Å². The fourth-order valence-corrected chi connectivity index (χ4v) is 4.12. The van der Waals surface area contributed by atoms with Crippen molar-refractivity contribution in [1.82, 2.24) is 5.43 Å². The molecule has 2 heterocycles. The number of thioether (sulfide) groups is 1. The minimum Gasteiger partial charge on any atom is -0.271 e. The maximum absolute atomic E-state index is 5.65. The SMILES string of the molecule is Cc1sccc1C(NN)C1CCCS1. The van der Waals surface area contributed by atoms with Gasteiger partial charge in [0, 0.05) is 10.1 Å². The molecule has 2 nitrogen and oxygen atoms in total. The molecule has 2 rings (SSSR count). The summed E-state index contributed by atoms with van der Waals surface area (Å²) in [6, 6.07) is 2.54. The van der Waals surface area contributed by atoms with E-state index in [-0.39, 0.29) is 0 Å². The van der Waals surface area contributed by atoms with Gasteiger partial charge in [0.25, 0.3) is 0 Å². The van der Waals surface area contributed by atoms with Crippen molar-refractivity contribution < 1.29 is 0 Å². The van der Waals surface area contributed by atoms with Crippen molar-refractivity contribution in [2.75, 3.05) is 5.75 Å². The van der Waals surface area contributed by atoms with Crippen LogP contribution < -0.4 is 11.3 Å². The second-order valence-electron chi connectivity index (χ2n) is 3.63. The zero-order valence-corrected chi connectivity index (χ0v) is 9.96. The molecule has 2 atom stereocenters. The first-order chi connectivity index (χ1) is 6.83. The van der Waals surface area contributed by atoms with Gasteiger partial charge in [-0.3, -0.25) is 11.3 Å². The second-order valence-corrected chi connectivity index (χ2v) is 6.10. The van der Waals surface area contributed by atoms with Crippen LogP contribution in [-0.4, -0.2) is 11.0 Å². The zero-order valence-electron chi connectivity index (χ0n) is 8.32. The molecule has 1 fully saturated rings. The predicted octanol–water partition coefficient (Wildman–Crippen LogP) is 2.46. The summed E-state index contributed by atoms with van der Waals surface area (Å²) in [5.41, 5.74) is 4.36. The molecule has 14 heavy (non-hydrogen) atoms. The Kier molecular flexibility index (Phi) is 3.49. The van der Waals surface area contributed by atoms with Crippen LogP contribution in [0.1, 0.15) is 29.3 Å². The molecule has 0 radical (unpaired) electrons. The molecule has 1 aliphatic rings. The topological polar surface area (TPSA) is 38.0 Å². The number of hydrazine groups is 1. The summed E-state index contributed by atoms with van der Waals surface area (Å²) < 4.78 is 0. The van der Waals surface area contributed by atoms with Crippen LogP contribution in [0.2, 0.25) is 0 Å². The van der Waals surface area contributed by atoms with Crippen LogP contribution in [0.5, 0.6) is 0 Å². The lowest BCUT2D eigenvalue weighted by molar-refractivity contribution is 0.520. The minimum absolute atomic E-state index is 0.341. The van der Waals surface area contributed by atoms with Gasteiger partial charge in [0.1, 0.15) is 0 Å². The first kappa shape index (κ1) is 10.5. The van der Waals surface area contributed by atoms with E-state index in [1.54, 1.807) is 11.3 Å². The fraction of sp³-hybridized carbons (Fsp3) is 0.600. The van der Waals surface area contributed by atoms with E-state index in [4.69, 9.17) is 5.84 Å². The maximum atomic E-state index is 5.65. The first-order valence-electron chi connectivity index (χ1n) is 4.94. The van der Waals surface area contributed by atoms with Crippen molar-refractivity contribution in [3.05, 3.63) is 21.9 Å². The molecule has 0 saturated carbocycles. The smallest absolute Gasteiger partial charge is 0.0589 e. The number of thiophene rings is 1. The Morgan fingerprint density at radius 3 is 3.00 bits per heavy atom. The van der Waals surface area contributed by atoms with Gasteiger partial charge in [0.2, 0.25) is 0 Å². The first-order valence-corrected chi connectivity index (χ1v) is 6.87. The zero-order chi connectivity index (χ0) is 9.97. The Bertz CT molecular complexity index is 292. The quantitative estimate of drug-likeness (QED) is 0.616. The highest BCUT2D eigenvalue weighted by molar-refractivity contribution is 8.00. The molecule has 3 N–H and O–H groups in total. The number of rotatable bonds is 3. The summed E-state index contributed by atoms with van der Waals surface area (Å²) in [5, 5.41) is 2.81. The van der Waals surface area contributed by atoms with E-state index in [1.807, 2.05) is 11.8 Å². The van der Waals surface area contributed by atoms with Crippen LogP contribution in [0.3, 0.4) is 0 Å². The average molecular weight is 228 g/mol. The van der Waals surface area contributed by atoms with Gasteiger partial charge in [-0.05, 0) is 42.5 Å². The van der Waals surface area contributed by atoms with Crippen LogP contribution in [0, 0.1) is 6.92 Å². The number of hydrogen-bond donors (Lipinski definition) is 2. The summed E-state index contributed by atoms with van der Waals surface area (Å²) in [6.45, 7) is 2.17. The number of nitrogens with one attached hydrogen (secondary N) is 1. The third-order valence-corrected chi connectivity index (χ3v) is 5.07. The van der Waals surface area contributed by atoms with Crippen molar-refractivity contribution in [3.63, 3.8) is 0 Å². The molecule has 1 aromatic rings. The largest absolute Gasteiger partial charge is 0.271 e. The number of nitrogens with two attached hydrogens (primary N) is 1. The van der Waals surface area contributed by atoms with Gasteiger partial charge in [0.05, 0.1) is 6.04 Å². The molecular formula is C10H16N2S2. The molecule has 1 aromatic heterocycles. The van der Waals surface area contributed by atoms with Crippen molar-refractivity contribution >= 4 is 23.1 Å². The van der Waals surface area contributed by atoms with E-state index in [0.717, 1.165) is 0 Å². The standard InChI is InChI=1S/C10H16N2S2/c1-7-8(4-6-13-7)10(12-11)9-3-2-5-14-9/h4,6,9-10,12H,2-3,5,11H2,1H3. The lowest BCUT2D eigenvalue weighted by atomic mass is 10.0. The van der Waals surface area contributed by atoms with E-state index in [9.17, 15) is 0 Å². The predicted molar refractivity (Wildman–Crippen MR) is 64.6 cm³/mol. The number of hydrogen-bond acceptors (Lipinski definition) is 4. The molecule has 0 aliphatic carbocycles.